The summed E-state index contributed by atoms with van der Waals surface area (Å²) in [5.74, 6) is 1.65. The van der Waals surface area contributed by atoms with E-state index in [1.165, 1.54) is 11.1 Å². The number of nitrogens with zero attached hydrogens (tertiary/aromatic N) is 2. The van der Waals surface area contributed by atoms with Gasteiger partial charge in [-0.15, -0.1) is 0 Å². The van der Waals surface area contributed by atoms with Crippen LogP contribution in [0.5, 0.6) is 0 Å². The molecule has 0 spiro atoms. The van der Waals surface area contributed by atoms with E-state index in [1.54, 1.807) is 0 Å². The molecule has 2 rings (SSSR count). The number of halogens is 1. The van der Waals surface area contributed by atoms with Crippen LogP contribution < -0.4 is 5.32 Å². The first-order valence-electron chi connectivity index (χ1n) is 5.96. The Balaban J connectivity index is 2.27. The first-order chi connectivity index (χ1) is 8.58. The van der Waals surface area contributed by atoms with Gasteiger partial charge >= 0.3 is 0 Å². The van der Waals surface area contributed by atoms with E-state index in [0.29, 0.717) is 0 Å². The van der Waals surface area contributed by atoms with Gasteiger partial charge in [0.15, 0.2) is 0 Å². The van der Waals surface area contributed by atoms with Crippen LogP contribution >= 0.6 is 15.9 Å². The molecule has 3 nitrogen and oxygen atoms in total. The highest BCUT2D eigenvalue weighted by atomic mass is 79.9. The molecule has 0 atom stereocenters. The van der Waals surface area contributed by atoms with Crippen LogP contribution in [-0.2, 0) is 6.42 Å². The van der Waals surface area contributed by atoms with E-state index in [1.807, 2.05) is 13.0 Å². The molecule has 0 radical (unpaired) electrons. The van der Waals surface area contributed by atoms with Gasteiger partial charge in [0.05, 0.1) is 0 Å². The van der Waals surface area contributed by atoms with E-state index in [-0.39, 0.29) is 0 Å². The second-order valence-corrected chi connectivity index (χ2v) is 5.08. The lowest BCUT2D eigenvalue weighted by Crippen LogP contribution is -2.00. The number of hydrogen-bond donors (Lipinski definition) is 1. The van der Waals surface area contributed by atoms with Crippen LogP contribution in [0.1, 0.15) is 23.9 Å². The van der Waals surface area contributed by atoms with Crippen molar-refractivity contribution in [1.29, 1.82) is 0 Å². The average molecular weight is 306 g/mol. The smallest absolute Gasteiger partial charge is 0.135 e. The number of anilines is 2. The van der Waals surface area contributed by atoms with Gasteiger partial charge in [-0.3, -0.25) is 0 Å². The predicted molar refractivity (Wildman–Crippen MR) is 78.3 cm³/mol. The Morgan fingerprint density at radius 3 is 2.56 bits per heavy atom. The molecule has 0 fully saturated rings. The summed E-state index contributed by atoms with van der Waals surface area (Å²) in [6.45, 7) is 6.25. The van der Waals surface area contributed by atoms with Crippen molar-refractivity contribution in [3.8, 4) is 0 Å². The number of benzene rings is 1. The second-order valence-electron chi connectivity index (χ2n) is 4.27. The van der Waals surface area contributed by atoms with Gasteiger partial charge in [0.1, 0.15) is 16.2 Å². The summed E-state index contributed by atoms with van der Waals surface area (Å²) < 4.78 is 0.806. The fourth-order valence-electron chi connectivity index (χ4n) is 1.65. The van der Waals surface area contributed by atoms with Crippen LogP contribution in [-0.4, -0.2) is 9.97 Å². The molecule has 1 aromatic heterocycles. The minimum Gasteiger partial charge on any atom is -0.340 e. The van der Waals surface area contributed by atoms with Gasteiger partial charge in [-0.2, -0.15) is 0 Å². The standard InChI is InChI=1S/C14H16BrN3/c1-4-13-17-12(15)8-14(18-13)16-11-6-5-9(2)10(3)7-11/h5-8H,4H2,1-3H3,(H,16,17,18). The molecule has 0 aliphatic heterocycles. The van der Waals surface area contributed by atoms with E-state index in [0.717, 1.165) is 28.4 Å². The van der Waals surface area contributed by atoms with E-state index >= 15 is 0 Å². The third-order valence-electron chi connectivity index (χ3n) is 2.84. The SMILES string of the molecule is CCc1nc(Br)cc(Nc2ccc(C)c(C)c2)n1. The molecule has 0 aliphatic rings. The van der Waals surface area contributed by atoms with Crippen LogP contribution in [0.25, 0.3) is 0 Å². The Kier molecular flexibility index (Phi) is 3.97. The fourth-order valence-corrected chi connectivity index (χ4v) is 2.08. The summed E-state index contributed by atoms with van der Waals surface area (Å²) in [6.07, 6.45) is 0.820. The highest BCUT2D eigenvalue weighted by Crippen LogP contribution is 2.20. The van der Waals surface area contributed by atoms with Gasteiger partial charge in [0.2, 0.25) is 0 Å². The summed E-state index contributed by atoms with van der Waals surface area (Å²) in [5, 5.41) is 3.31. The van der Waals surface area contributed by atoms with Crippen LogP contribution in [0.15, 0.2) is 28.9 Å². The van der Waals surface area contributed by atoms with Crippen LogP contribution in [0.3, 0.4) is 0 Å². The first-order valence-corrected chi connectivity index (χ1v) is 6.75. The van der Waals surface area contributed by atoms with E-state index in [2.05, 4.69) is 63.3 Å². The molecule has 2 aromatic rings. The van der Waals surface area contributed by atoms with E-state index in [9.17, 15) is 0 Å². The molecule has 0 saturated heterocycles. The van der Waals surface area contributed by atoms with Crippen molar-refractivity contribution in [3.63, 3.8) is 0 Å². The van der Waals surface area contributed by atoms with Crippen molar-refractivity contribution in [2.75, 3.05) is 5.32 Å². The molecule has 1 aromatic carbocycles. The van der Waals surface area contributed by atoms with Crippen molar-refractivity contribution in [2.24, 2.45) is 0 Å². The number of nitrogens with one attached hydrogen (secondary N) is 1. The average Bonchev–Trinajstić information content (AvgIpc) is 2.33. The van der Waals surface area contributed by atoms with Crippen molar-refractivity contribution in [2.45, 2.75) is 27.2 Å². The largest absolute Gasteiger partial charge is 0.340 e. The molecule has 94 valence electrons. The number of rotatable bonds is 3. The second kappa shape index (κ2) is 5.48. The van der Waals surface area contributed by atoms with Crippen molar-refractivity contribution in [1.82, 2.24) is 9.97 Å². The Bertz CT molecular complexity index is 567. The van der Waals surface area contributed by atoms with Crippen molar-refractivity contribution < 1.29 is 0 Å². The predicted octanol–water partition coefficient (Wildman–Crippen LogP) is 4.16. The molecule has 1 N–H and O–H groups in total. The Labute approximate surface area is 116 Å². The van der Waals surface area contributed by atoms with Crippen LogP contribution in [0, 0.1) is 13.8 Å². The van der Waals surface area contributed by atoms with Gasteiger partial charge in [-0.05, 0) is 53.0 Å². The Morgan fingerprint density at radius 2 is 1.89 bits per heavy atom. The summed E-state index contributed by atoms with van der Waals surface area (Å²) in [4.78, 5) is 8.74. The minimum atomic E-state index is 0.806. The monoisotopic (exact) mass is 305 g/mol. The number of hydrogen-bond acceptors (Lipinski definition) is 3. The third-order valence-corrected chi connectivity index (χ3v) is 3.24. The number of aryl methyl sites for hydroxylation is 3. The highest BCUT2D eigenvalue weighted by Gasteiger charge is 2.03. The van der Waals surface area contributed by atoms with Crippen molar-refractivity contribution >= 4 is 27.4 Å². The lowest BCUT2D eigenvalue weighted by atomic mass is 10.1. The van der Waals surface area contributed by atoms with Crippen molar-refractivity contribution in [3.05, 3.63) is 45.8 Å². The lowest BCUT2D eigenvalue weighted by Gasteiger charge is -2.09. The molecule has 18 heavy (non-hydrogen) atoms. The van der Waals surface area contributed by atoms with Gasteiger partial charge < -0.3 is 5.32 Å². The maximum Gasteiger partial charge on any atom is 0.135 e. The lowest BCUT2D eigenvalue weighted by molar-refractivity contribution is 0.931. The zero-order chi connectivity index (χ0) is 13.1. The normalized spacial score (nSPS) is 10.4. The molecule has 0 amide bonds. The molecule has 0 aliphatic carbocycles. The molecule has 4 heteroatoms. The first kappa shape index (κ1) is 13.0. The molecular formula is C14H16BrN3. The molecule has 0 bridgehead atoms. The molecule has 1 heterocycles. The van der Waals surface area contributed by atoms with Gasteiger partial charge in [-0.25, -0.2) is 9.97 Å². The zero-order valence-corrected chi connectivity index (χ0v) is 12.4. The number of aromatic nitrogens is 2. The molecular weight excluding hydrogens is 290 g/mol. The van der Waals surface area contributed by atoms with Crippen LogP contribution in [0.2, 0.25) is 0 Å². The highest BCUT2D eigenvalue weighted by molar-refractivity contribution is 9.10. The molecule has 0 saturated carbocycles. The topological polar surface area (TPSA) is 37.8 Å². The van der Waals surface area contributed by atoms with Crippen LogP contribution in [0.4, 0.5) is 11.5 Å². The maximum atomic E-state index is 4.45. The summed E-state index contributed by atoms with van der Waals surface area (Å²) in [7, 11) is 0. The summed E-state index contributed by atoms with van der Waals surface area (Å²) in [5.41, 5.74) is 3.60. The maximum absolute atomic E-state index is 4.45. The summed E-state index contributed by atoms with van der Waals surface area (Å²) >= 11 is 3.40. The summed E-state index contributed by atoms with van der Waals surface area (Å²) in [6, 6.07) is 8.17. The minimum absolute atomic E-state index is 0.806. The van der Waals surface area contributed by atoms with Gasteiger partial charge in [0, 0.05) is 18.2 Å². The third kappa shape index (κ3) is 3.07. The quantitative estimate of drug-likeness (QED) is 0.865. The fraction of sp³-hybridized carbons (Fsp3) is 0.286. The van der Waals surface area contributed by atoms with E-state index in [4.69, 9.17) is 0 Å². The zero-order valence-electron chi connectivity index (χ0n) is 10.8. The Hall–Kier alpha value is -1.42. The van der Waals surface area contributed by atoms with Gasteiger partial charge in [-0.1, -0.05) is 13.0 Å². The van der Waals surface area contributed by atoms with E-state index < -0.39 is 0 Å². The Morgan fingerprint density at radius 1 is 1.11 bits per heavy atom. The molecule has 0 unspecified atom stereocenters. The van der Waals surface area contributed by atoms with Gasteiger partial charge in [0.25, 0.3) is 0 Å².